The van der Waals surface area contributed by atoms with Crippen LogP contribution in [0.5, 0.6) is 0 Å². The van der Waals surface area contributed by atoms with Gasteiger partial charge in [0.05, 0.1) is 27.9 Å². The molecule has 1 aliphatic carbocycles. The lowest BCUT2D eigenvalue weighted by Gasteiger charge is -2.27. The van der Waals surface area contributed by atoms with Crippen LogP contribution in [0.1, 0.15) is 62.9 Å². The minimum absolute atomic E-state index is 0.196. The summed E-state index contributed by atoms with van der Waals surface area (Å²) in [4.78, 5) is 14.2. The van der Waals surface area contributed by atoms with Gasteiger partial charge in [-0.1, -0.05) is 31.9 Å². The summed E-state index contributed by atoms with van der Waals surface area (Å²) in [5.74, 6) is 1.63. The first-order chi connectivity index (χ1) is 14.1. The summed E-state index contributed by atoms with van der Waals surface area (Å²) in [7, 11) is 0. The Morgan fingerprint density at radius 3 is 2.90 bits per heavy atom. The number of hydrogen-bond donors (Lipinski definition) is 1. The van der Waals surface area contributed by atoms with Crippen LogP contribution in [0.25, 0.3) is 23.2 Å². The van der Waals surface area contributed by atoms with Gasteiger partial charge in [0, 0.05) is 12.0 Å². The van der Waals surface area contributed by atoms with Crippen LogP contribution in [0, 0.1) is 0 Å². The zero-order chi connectivity index (χ0) is 20.0. The van der Waals surface area contributed by atoms with E-state index in [1.165, 1.54) is 35.9 Å². The minimum Gasteiger partial charge on any atom is -0.382 e. The van der Waals surface area contributed by atoms with Crippen molar-refractivity contribution in [1.82, 2.24) is 19.5 Å². The molecule has 2 aromatic heterocycles. The standard InChI is InChI=1S/C24H29N5/c1-3-7-16-12-17-8-5-4-6-11-29-22(17)19(13-16)28-23(29)24(2)10-9-18-20(14-24)26-15-21(25)27-18/h9,12-15H,3-8,10-11H2,1-2H3,(H2,25,27). The maximum absolute atomic E-state index is 5.83. The van der Waals surface area contributed by atoms with E-state index in [2.05, 4.69) is 52.7 Å². The molecule has 1 atom stereocenters. The number of aryl methyl sites for hydroxylation is 3. The SMILES string of the molecule is CCCc1cc2c3c(c1)nc(C1(C)C=c4ncc(N)nc4=CC1)n3CCCCC2. The highest BCUT2D eigenvalue weighted by molar-refractivity contribution is 5.82. The number of nitrogens with two attached hydrogens (primary N) is 1. The van der Waals surface area contributed by atoms with Crippen molar-refractivity contribution in [3.8, 4) is 0 Å². The molecule has 0 amide bonds. The number of imidazole rings is 1. The molecule has 0 spiro atoms. The number of rotatable bonds is 3. The average molecular weight is 388 g/mol. The maximum atomic E-state index is 5.83. The van der Waals surface area contributed by atoms with Gasteiger partial charge in [0.1, 0.15) is 11.6 Å². The van der Waals surface area contributed by atoms with Crippen LogP contribution in [-0.4, -0.2) is 19.5 Å². The molecule has 1 aliphatic heterocycles. The number of nitrogen functional groups attached to an aromatic ring is 1. The van der Waals surface area contributed by atoms with Gasteiger partial charge >= 0.3 is 0 Å². The molecular formula is C24H29N5. The molecule has 0 saturated heterocycles. The molecule has 2 N–H and O–H groups in total. The predicted octanol–water partition coefficient (Wildman–Crippen LogP) is 3.01. The summed E-state index contributed by atoms with van der Waals surface area (Å²) in [6.07, 6.45) is 14.1. The van der Waals surface area contributed by atoms with E-state index in [0.29, 0.717) is 5.82 Å². The minimum atomic E-state index is -0.196. The quantitative estimate of drug-likeness (QED) is 0.750. The van der Waals surface area contributed by atoms with Crippen LogP contribution in [0.4, 0.5) is 5.82 Å². The van der Waals surface area contributed by atoms with Crippen molar-refractivity contribution in [2.24, 2.45) is 0 Å². The molecule has 150 valence electrons. The summed E-state index contributed by atoms with van der Waals surface area (Å²) in [6, 6.07) is 4.75. The highest BCUT2D eigenvalue weighted by Crippen LogP contribution is 2.36. The monoisotopic (exact) mass is 387 g/mol. The average Bonchev–Trinajstić information content (AvgIpc) is 3.05. The van der Waals surface area contributed by atoms with E-state index in [-0.39, 0.29) is 5.41 Å². The summed E-state index contributed by atoms with van der Waals surface area (Å²) in [5.41, 5.74) is 11.0. The molecule has 1 unspecified atom stereocenters. The van der Waals surface area contributed by atoms with Crippen molar-refractivity contribution in [3.63, 3.8) is 0 Å². The topological polar surface area (TPSA) is 69.6 Å². The summed E-state index contributed by atoms with van der Waals surface area (Å²) in [6.45, 7) is 5.56. The van der Waals surface area contributed by atoms with Gasteiger partial charge in [-0.3, -0.25) is 4.98 Å². The molecule has 0 saturated carbocycles. The van der Waals surface area contributed by atoms with Gasteiger partial charge in [0.25, 0.3) is 0 Å². The second-order valence-corrected chi connectivity index (χ2v) is 8.81. The van der Waals surface area contributed by atoms with Crippen LogP contribution < -0.4 is 16.4 Å². The van der Waals surface area contributed by atoms with Crippen molar-refractivity contribution in [1.29, 1.82) is 0 Å². The normalized spacial score (nSPS) is 21.0. The van der Waals surface area contributed by atoms with Gasteiger partial charge in [0.15, 0.2) is 0 Å². The Morgan fingerprint density at radius 2 is 2.03 bits per heavy atom. The fourth-order valence-corrected chi connectivity index (χ4v) is 4.97. The van der Waals surface area contributed by atoms with E-state index in [1.807, 2.05) is 0 Å². The molecule has 29 heavy (non-hydrogen) atoms. The Kier molecular flexibility index (Phi) is 4.41. The predicted molar refractivity (Wildman–Crippen MR) is 118 cm³/mol. The highest BCUT2D eigenvalue weighted by atomic mass is 15.1. The van der Waals surface area contributed by atoms with Gasteiger partial charge < -0.3 is 10.3 Å². The van der Waals surface area contributed by atoms with Crippen LogP contribution in [0.3, 0.4) is 0 Å². The Morgan fingerprint density at radius 1 is 1.14 bits per heavy atom. The summed E-state index contributed by atoms with van der Waals surface area (Å²) in [5, 5.41) is 1.79. The lowest BCUT2D eigenvalue weighted by molar-refractivity contribution is 0.512. The Balaban J connectivity index is 1.73. The molecule has 5 rings (SSSR count). The smallest absolute Gasteiger partial charge is 0.142 e. The van der Waals surface area contributed by atoms with Crippen molar-refractivity contribution in [3.05, 3.63) is 46.0 Å². The molecular weight excluding hydrogens is 358 g/mol. The molecule has 0 bridgehead atoms. The van der Waals surface area contributed by atoms with Crippen molar-refractivity contribution >= 4 is 29.0 Å². The van der Waals surface area contributed by atoms with E-state index < -0.39 is 0 Å². The Bertz CT molecular complexity index is 1210. The molecule has 5 nitrogen and oxygen atoms in total. The van der Waals surface area contributed by atoms with E-state index in [4.69, 9.17) is 10.7 Å². The molecule has 0 radical (unpaired) electrons. The van der Waals surface area contributed by atoms with Gasteiger partial charge in [-0.15, -0.1) is 0 Å². The van der Waals surface area contributed by atoms with Crippen LogP contribution in [0.2, 0.25) is 0 Å². The fraction of sp³-hybridized carbons (Fsp3) is 0.458. The van der Waals surface area contributed by atoms with Crippen molar-refractivity contribution < 1.29 is 0 Å². The first-order valence-corrected chi connectivity index (χ1v) is 10.9. The fourth-order valence-electron chi connectivity index (χ4n) is 4.97. The second kappa shape index (κ2) is 6.97. The number of fused-ring (bicyclic) bond motifs is 1. The van der Waals surface area contributed by atoms with E-state index >= 15 is 0 Å². The van der Waals surface area contributed by atoms with Gasteiger partial charge in [0.2, 0.25) is 0 Å². The maximum Gasteiger partial charge on any atom is 0.142 e. The second-order valence-electron chi connectivity index (χ2n) is 8.81. The van der Waals surface area contributed by atoms with Crippen LogP contribution >= 0.6 is 0 Å². The largest absolute Gasteiger partial charge is 0.382 e. The van der Waals surface area contributed by atoms with Gasteiger partial charge in [-0.25, -0.2) is 9.97 Å². The van der Waals surface area contributed by atoms with Gasteiger partial charge in [-0.05, 0) is 62.3 Å². The number of benzene rings is 1. The summed E-state index contributed by atoms with van der Waals surface area (Å²) >= 11 is 0. The lowest BCUT2D eigenvalue weighted by atomic mass is 9.83. The number of aromatic nitrogens is 4. The first kappa shape index (κ1) is 18.3. The molecule has 0 fully saturated rings. The van der Waals surface area contributed by atoms with Gasteiger partial charge in [-0.2, -0.15) is 0 Å². The highest BCUT2D eigenvalue weighted by Gasteiger charge is 2.32. The van der Waals surface area contributed by atoms with Crippen LogP contribution in [0.15, 0.2) is 18.3 Å². The molecule has 1 aromatic carbocycles. The molecule has 5 heteroatoms. The number of nitrogens with zero attached hydrogens (tertiary/aromatic N) is 4. The third kappa shape index (κ3) is 3.13. The number of hydrogen-bond acceptors (Lipinski definition) is 4. The zero-order valence-electron chi connectivity index (χ0n) is 17.4. The zero-order valence-corrected chi connectivity index (χ0v) is 17.4. The third-order valence-electron chi connectivity index (χ3n) is 6.38. The number of anilines is 1. The van der Waals surface area contributed by atoms with Crippen molar-refractivity contribution in [2.75, 3.05) is 5.73 Å². The third-order valence-corrected chi connectivity index (χ3v) is 6.38. The molecule has 3 heterocycles. The Hall–Kier alpha value is -2.69. The van der Waals surface area contributed by atoms with E-state index in [1.54, 1.807) is 6.20 Å². The van der Waals surface area contributed by atoms with E-state index in [9.17, 15) is 0 Å². The summed E-state index contributed by atoms with van der Waals surface area (Å²) < 4.78 is 2.50. The van der Waals surface area contributed by atoms with E-state index in [0.717, 1.165) is 54.3 Å². The lowest BCUT2D eigenvalue weighted by Crippen LogP contribution is -2.40. The van der Waals surface area contributed by atoms with Crippen LogP contribution in [-0.2, 0) is 24.8 Å². The Labute approximate surface area is 171 Å². The molecule has 2 aliphatic rings. The molecule has 3 aromatic rings. The first-order valence-electron chi connectivity index (χ1n) is 10.9. The van der Waals surface area contributed by atoms with Crippen molar-refractivity contribution in [2.45, 2.75) is 70.8 Å².